The average molecular weight is 489 g/mol. The summed E-state index contributed by atoms with van der Waals surface area (Å²) in [6, 6.07) is 4.03. The van der Waals surface area contributed by atoms with Crippen LogP contribution in [0.5, 0.6) is 0 Å². The maximum atomic E-state index is 13.1. The summed E-state index contributed by atoms with van der Waals surface area (Å²) in [4.78, 5) is 26.4. The Hall–Kier alpha value is -2.65. The number of carbonyl (C=O) groups is 1. The molecule has 0 aliphatic carbocycles. The summed E-state index contributed by atoms with van der Waals surface area (Å²) < 4.78 is 22.6. The Morgan fingerprint density at radius 1 is 1.26 bits per heavy atom. The zero-order valence-electron chi connectivity index (χ0n) is 22.2. The molecule has 35 heavy (non-hydrogen) atoms. The molecule has 0 N–H and O–H groups in total. The van der Waals surface area contributed by atoms with Crippen LogP contribution in [0.15, 0.2) is 16.5 Å². The number of aryl methyl sites for hydroxylation is 4. The molecule has 1 aliphatic rings. The van der Waals surface area contributed by atoms with Gasteiger partial charge < -0.3 is 23.5 Å². The number of hydrogen-bond donors (Lipinski definition) is 0. The lowest BCUT2D eigenvalue weighted by Gasteiger charge is -2.34. The minimum atomic E-state index is -0.623. The van der Waals surface area contributed by atoms with Crippen molar-refractivity contribution in [3.05, 3.63) is 35.2 Å². The molecule has 1 aliphatic heterocycles. The fourth-order valence-electron chi connectivity index (χ4n) is 4.02. The van der Waals surface area contributed by atoms with Crippen LogP contribution < -0.4 is 9.80 Å². The molecule has 2 aromatic rings. The van der Waals surface area contributed by atoms with Gasteiger partial charge in [-0.05, 0) is 47.1 Å². The number of morpholine rings is 1. The van der Waals surface area contributed by atoms with Crippen molar-refractivity contribution in [2.45, 2.75) is 72.5 Å². The summed E-state index contributed by atoms with van der Waals surface area (Å²) in [6.45, 7) is 14.6. The molecule has 194 valence electrons. The van der Waals surface area contributed by atoms with Crippen molar-refractivity contribution < 1.29 is 23.4 Å². The van der Waals surface area contributed by atoms with Gasteiger partial charge in [-0.2, -0.15) is 0 Å². The van der Waals surface area contributed by atoms with Crippen molar-refractivity contribution in [2.75, 3.05) is 49.8 Å². The predicted molar refractivity (Wildman–Crippen MR) is 135 cm³/mol. The second kappa shape index (κ2) is 11.9. The van der Waals surface area contributed by atoms with Gasteiger partial charge in [-0.1, -0.05) is 6.92 Å². The molecule has 9 heteroatoms. The molecule has 0 radical (unpaired) electrons. The zero-order chi connectivity index (χ0) is 25.6. The summed E-state index contributed by atoms with van der Waals surface area (Å²) >= 11 is 0. The summed E-state index contributed by atoms with van der Waals surface area (Å²) in [5.41, 5.74) is 2.17. The third-order valence-corrected chi connectivity index (χ3v) is 5.72. The number of methoxy groups -OCH3 is 1. The summed E-state index contributed by atoms with van der Waals surface area (Å²) in [7, 11) is 1.61. The highest BCUT2D eigenvalue weighted by Crippen LogP contribution is 2.26. The number of aromatic nitrogens is 2. The van der Waals surface area contributed by atoms with Crippen LogP contribution in [0.4, 0.5) is 16.3 Å². The quantitative estimate of drug-likeness (QED) is 0.515. The van der Waals surface area contributed by atoms with E-state index in [1.54, 1.807) is 12.0 Å². The molecule has 1 saturated heterocycles. The maximum absolute atomic E-state index is 13.1. The SMILES string of the molecule is CCc1oc(CCc2cc(N3CCOC(C)C3)cc(N(CCOC)C(=O)OC(C)(C)C)n2)nc1C. The van der Waals surface area contributed by atoms with Crippen molar-refractivity contribution in [3.63, 3.8) is 0 Å². The van der Waals surface area contributed by atoms with Crippen molar-refractivity contribution in [1.82, 2.24) is 9.97 Å². The first-order valence-corrected chi connectivity index (χ1v) is 12.4. The summed E-state index contributed by atoms with van der Waals surface area (Å²) in [5, 5.41) is 0. The van der Waals surface area contributed by atoms with E-state index in [2.05, 4.69) is 29.8 Å². The Balaban J connectivity index is 1.93. The fraction of sp³-hybridized carbons (Fsp3) is 0.654. The van der Waals surface area contributed by atoms with Gasteiger partial charge in [0.15, 0.2) is 5.89 Å². The van der Waals surface area contributed by atoms with Gasteiger partial charge in [-0.3, -0.25) is 4.90 Å². The monoisotopic (exact) mass is 488 g/mol. The van der Waals surface area contributed by atoms with Crippen molar-refractivity contribution >= 4 is 17.6 Å². The van der Waals surface area contributed by atoms with Crippen LogP contribution in [-0.2, 0) is 33.5 Å². The van der Waals surface area contributed by atoms with Crippen LogP contribution in [0.2, 0.25) is 0 Å². The van der Waals surface area contributed by atoms with Gasteiger partial charge >= 0.3 is 6.09 Å². The van der Waals surface area contributed by atoms with Gasteiger partial charge in [0.25, 0.3) is 0 Å². The Labute approximate surface area is 208 Å². The third kappa shape index (κ3) is 7.67. The van der Waals surface area contributed by atoms with Crippen LogP contribution in [-0.4, -0.2) is 67.7 Å². The van der Waals surface area contributed by atoms with Crippen LogP contribution in [0.3, 0.4) is 0 Å². The molecule has 2 aromatic heterocycles. The Kier molecular flexibility index (Phi) is 9.13. The standard InChI is InChI=1S/C26H40N4O5/c1-8-22-19(3)27-24(34-22)10-9-20-15-21(29-11-14-33-18(2)17-29)16-23(28-20)30(12-13-32-7)25(31)35-26(4,5)6/h15-16,18H,8-14,17H2,1-7H3. The number of amides is 1. The molecule has 9 nitrogen and oxygen atoms in total. The smallest absolute Gasteiger partial charge is 0.416 e. The normalized spacial score (nSPS) is 16.4. The van der Waals surface area contributed by atoms with E-state index in [0.717, 1.165) is 42.3 Å². The molecule has 3 heterocycles. The van der Waals surface area contributed by atoms with E-state index in [0.29, 0.717) is 44.3 Å². The Bertz CT molecular complexity index is 985. The highest BCUT2D eigenvalue weighted by molar-refractivity contribution is 5.87. The molecule has 0 aromatic carbocycles. The van der Waals surface area contributed by atoms with E-state index in [1.807, 2.05) is 33.8 Å². The van der Waals surface area contributed by atoms with E-state index < -0.39 is 11.7 Å². The van der Waals surface area contributed by atoms with E-state index in [1.165, 1.54) is 0 Å². The topological polar surface area (TPSA) is 90.2 Å². The molecule has 1 amide bonds. The van der Waals surface area contributed by atoms with Gasteiger partial charge in [0, 0.05) is 50.5 Å². The number of ether oxygens (including phenoxy) is 3. The van der Waals surface area contributed by atoms with Crippen LogP contribution in [0.25, 0.3) is 0 Å². The van der Waals surface area contributed by atoms with Crippen LogP contribution in [0.1, 0.15) is 57.7 Å². The summed E-state index contributed by atoms with van der Waals surface area (Å²) in [5.74, 6) is 2.16. The number of oxazole rings is 1. The maximum Gasteiger partial charge on any atom is 0.416 e. The number of pyridine rings is 1. The minimum absolute atomic E-state index is 0.127. The van der Waals surface area contributed by atoms with Crippen molar-refractivity contribution in [2.24, 2.45) is 0 Å². The number of rotatable bonds is 9. The number of hydrogen-bond acceptors (Lipinski definition) is 8. The van der Waals surface area contributed by atoms with Gasteiger partial charge in [0.2, 0.25) is 0 Å². The predicted octanol–water partition coefficient (Wildman–Crippen LogP) is 4.34. The molecule has 1 atom stereocenters. The van der Waals surface area contributed by atoms with Crippen molar-refractivity contribution in [3.8, 4) is 0 Å². The van der Waals surface area contributed by atoms with Gasteiger partial charge in [0.1, 0.15) is 17.2 Å². The van der Waals surface area contributed by atoms with E-state index >= 15 is 0 Å². The van der Waals surface area contributed by atoms with Crippen LogP contribution >= 0.6 is 0 Å². The summed E-state index contributed by atoms with van der Waals surface area (Å²) in [6.07, 6.45) is 1.76. The van der Waals surface area contributed by atoms with Gasteiger partial charge in [-0.25, -0.2) is 14.8 Å². The minimum Gasteiger partial charge on any atom is -0.445 e. The number of anilines is 2. The lowest BCUT2D eigenvalue weighted by molar-refractivity contribution is 0.0530. The van der Waals surface area contributed by atoms with E-state index in [-0.39, 0.29) is 6.10 Å². The first-order chi connectivity index (χ1) is 16.6. The van der Waals surface area contributed by atoms with E-state index in [4.69, 9.17) is 23.6 Å². The molecule has 3 rings (SSSR count). The highest BCUT2D eigenvalue weighted by Gasteiger charge is 2.26. The largest absolute Gasteiger partial charge is 0.445 e. The van der Waals surface area contributed by atoms with E-state index in [9.17, 15) is 4.79 Å². The molecular formula is C26H40N4O5. The Morgan fingerprint density at radius 2 is 2.03 bits per heavy atom. The van der Waals surface area contributed by atoms with Gasteiger partial charge in [0.05, 0.1) is 31.6 Å². The third-order valence-electron chi connectivity index (χ3n) is 5.72. The first-order valence-electron chi connectivity index (χ1n) is 12.4. The molecule has 0 spiro atoms. The van der Waals surface area contributed by atoms with Crippen molar-refractivity contribution in [1.29, 1.82) is 0 Å². The van der Waals surface area contributed by atoms with Crippen LogP contribution in [0, 0.1) is 6.92 Å². The molecule has 0 saturated carbocycles. The fourth-order valence-corrected chi connectivity index (χ4v) is 4.02. The molecular weight excluding hydrogens is 448 g/mol. The number of nitrogens with zero attached hydrogens (tertiary/aromatic N) is 4. The molecule has 0 bridgehead atoms. The highest BCUT2D eigenvalue weighted by atomic mass is 16.6. The second-order valence-electron chi connectivity index (χ2n) is 9.90. The Morgan fingerprint density at radius 3 is 2.66 bits per heavy atom. The first kappa shape index (κ1) is 26.9. The zero-order valence-corrected chi connectivity index (χ0v) is 22.2. The molecule has 1 fully saturated rings. The molecule has 1 unspecified atom stereocenters. The van der Waals surface area contributed by atoms with Gasteiger partial charge in [-0.15, -0.1) is 0 Å². The lowest BCUT2D eigenvalue weighted by atomic mass is 10.1. The lowest BCUT2D eigenvalue weighted by Crippen LogP contribution is -2.42. The number of carbonyl (C=O) groups excluding carboxylic acids is 1. The average Bonchev–Trinajstić information content (AvgIpc) is 3.16. The second-order valence-corrected chi connectivity index (χ2v) is 9.90.